The van der Waals surface area contributed by atoms with Gasteiger partial charge < -0.3 is 4.90 Å². The minimum Gasteiger partial charge on any atom is -0.378 e. The molecule has 2 heterocycles. The van der Waals surface area contributed by atoms with Crippen LogP contribution in [0, 0.1) is 6.92 Å². The number of allylic oxidation sites excluding steroid dienone is 2. The maximum absolute atomic E-state index is 2.44. The number of anilines is 1. The largest absolute Gasteiger partial charge is 0.378 e. The minimum atomic E-state index is 1.16. The molecule has 2 aliphatic carbocycles. The molecular formula is C71H111N3+2. The molecule has 0 aliphatic heterocycles. The van der Waals surface area contributed by atoms with Crippen molar-refractivity contribution in [1.82, 2.24) is 0 Å². The summed E-state index contributed by atoms with van der Waals surface area (Å²) in [4.78, 5) is 2.16. The average molecular weight is 1010 g/mol. The van der Waals surface area contributed by atoms with Crippen molar-refractivity contribution in [2.75, 3.05) is 19.0 Å². The summed E-state index contributed by atoms with van der Waals surface area (Å²) in [6.07, 6.45) is 67.5. The van der Waals surface area contributed by atoms with E-state index in [2.05, 4.69) is 147 Å². The van der Waals surface area contributed by atoms with Crippen LogP contribution in [0.25, 0.3) is 23.3 Å². The molecule has 4 aromatic rings. The van der Waals surface area contributed by atoms with E-state index >= 15 is 0 Å². The fraction of sp³-hybridized carbons (Fsp3) is 0.634. The molecule has 0 bridgehead atoms. The smallest absolute Gasteiger partial charge is 0.172 e. The highest BCUT2D eigenvalue weighted by Gasteiger charge is 2.19. The van der Waals surface area contributed by atoms with Crippen LogP contribution in [0.5, 0.6) is 0 Å². The summed E-state index contributed by atoms with van der Waals surface area (Å²) in [5, 5.41) is 0. The monoisotopic (exact) mass is 1010 g/mol. The zero-order valence-electron chi connectivity index (χ0n) is 48.9. The Bertz CT molecular complexity index is 2100. The van der Waals surface area contributed by atoms with Gasteiger partial charge >= 0.3 is 0 Å². The van der Waals surface area contributed by atoms with Gasteiger partial charge in [0.25, 0.3) is 0 Å². The third kappa shape index (κ3) is 25.2. The van der Waals surface area contributed by atoms with E-state index in [0.717, 1.165) is 6.54 Å². The number of unbranched alkanes of at least 4 members (excludes halogenated alkanes) is 30. The first-order chi connectivity index (χ1) is 36.4. The maximum atomic E-state index is 2.44. The molecule has 3 nitrogen and oxygen atoms in total. The van der Waals surface area contributed by atoms with Crippen molar-refractivity contribution in [2.45, 2.75) is 278 Å². The first-order valence-corrected chi connectivity index (χ1v) is 31.7. The molecule has 0 unspecified atom stereocenters. The fourth-order valence-electron chi connectivity index (χ4n) is 11.6. The summed E-state index contributed by atoms with van der Waals surface area (Å²) in [7, 11) is 4.19. The number of benzene rings is 2. The standard InChI is InChI=1S/C36H57N2.C35H54N/c1-4-5-6-7-8-9-10-11-12-13-14-15-16-17-18-19-28-38-29-27-36-33(21-20-22-34(36)31-38)30-32-23-25-35(26-24-32)37(2)3;1-3-4-5-6-7-8-9-10-11-12-13-14-15-16-17-18-27-36-28-26-35-33(20-19-21-34(35)30-36)29-32-24-22-31(2)23-25-32/h23-27,29-31H,4-22,28H2,1-3H3;22-26,28-30H,3-21,27H2,1-2H3/q2*+1/b;33-29+. The van der Waals surface area contributed by atoms with Crippen molar-refractivity contribution in [2.24, 2.45) is 0 Å². The molecule has 0 atom stereocenters. The van der Waals surface area contributed by atoms with Crippen LogP contribution in [0.1, 0.15) is 284 Å². The second-order valence-corrected chi connectivity index (χ2v) is 23.3. The van der Waals surface area contributed by atoms with Crippen molar-refractivity contribution >= 4 is 29.0 Å². The third-order valence-electron chi connectivity index (χ3n) is 16.4. The summed E-state index contributed by atoms with van der Waals surface area (Å²) in [6, 6.07) is 22.6. The van der Waals surface area contributed by atoms with E-state index in [4.69, 9.17) is 0 Å². The van der Waals surface area contributed by atoms with E-state index in [1.807, 2.05) is 0 Å². The molecule has 3 heteroatoms. The van der Waals surface area contributed by atoms with Gasteiger partial charge in [-0.2, -0.15) is 0 Å². The Balaban J connectivity index is 0.000000274. The quantitative estimate of drug-likeness (QED) is 0.0324. The highest BCUT2D eigenvalue weighted by molar-refractivity contribution is 5.84. The van der Waals surface area contributed by atoms with Crippen LogP contribution in [-0.2, 0) is 25.9 Å². The van der Waals surface area contributed by atoms with Crippen LogP contribution >= 0.6 is 0 Å². The van der Waals surface area contributed by atoms with Gasteiger partial charge in [-0.05, 0) is 104 Å². The summed E-state index contributed by atoms with van der Waals surface area (Å²) in [5.41, 5.74) is 14.2. The molecule has 0 N–H and O–H groups in total. The van der Waals surface area contributed by atoms with Gasteiger partial charge in [0.05, 0.1) is 0 Å². The second-order valence-electron chi connectivity index (χ2n) is 23.3. The van der Waals surface area contributed by atoms with Crippen LogP contribution < -0.4 is 14.0 Å². The summed E-state index contributed by atoms with van der Waals surface area (Å²) < 4.78 is 4.88. The Kier molecular flexibility index (Phi) is 31.7. The number of aromatic nitrogens is 2. The molecule has 2 aromatic heterocycles. The molecule has 0 spiro atoms. The molecule has 0 fully saturated rings. The zero-order chi connectivity index (χ0) is 52.1. The number of fused-ring (bicyclic) bond motifs is 2. The van der Waals surface area contributed by atoms with Crippen molar-refractivity contribution in [3.8, 4) is 0 Å². The Labute approximate surface area is 457 Å². The topological polar surface area (TPSA) is 11.0 Å². The summed E-state index contributed by atoms with van der Waals surface area (Å²) >= 11 is 0. The highest BCUT2D eigenvalue weighted by atomic mass is 15.1. The molecule has 0 amide bonds. The molecule has 408 valence electrons. The van der Waals surface area contributed by atoms with Gasteiger partial charge in [0, 0.05) is 55.9 Å². The van der Waals surface area contributed by atoms with Gasteiger partial charge in [0.1, 0.15) is 13.1 Å². The predicted octanol–water partition coefficient (Wildman–Crippen LogP) is 20.6. The van der Waals surface area contributed by atoms with Gasteiger partial charge in [-0.25, -0.2) is 9.13 Å². The molecule has 2 aliphatic rings. The van der Waals surface area contributed by atoms with E-state index in [9.17, 15) is 0 Å². The molecule has 0 saturated heterocycles. The SMILES string of the molecule is CCCCCCCCCCCCCCCCCC[n+]1ccc2c(c1)CCC/C2=C\c1ccc(C)cc1.CCCCCCCCCCCCCCCCCC[n+]1ccc2c(c1)CCC/C2=C\c1ccc(N(C)C)cc1. The maximum Gasteiger partial charge on any atom is 0.172 e. The number of rotatable bonds is 37. The van der Waals surface area contributed by atoms with Crippen LogP contribution in [0.4, 0.5) is 5.69 Å². The molecule has 0 radical (unpaired) electrons. The lowest BCUT2D eigenvalue weighted by atomic mass is 9.87. The van der Waals surface area contributed by atoms with E-state index in [-0.39, 0.29) is 0 Å². The molecule has 0 saturated carbocycles. The Hall–Kier alpha value is -3.98. The van der Waals surface area contributed by atoms with Crippen molar-refractivity contribution in [3.63, 3.8) is 0 Å². The van der Waals surface area contributed by atoms with Crippen molar-refractivity contribution in [3.05, 3.63) is 124 Å². The zero-order valence-corrected chi connectivity index (χ0v) is 48.9. The second kappa shape index (κ2) is 38.5. The minimum absolute atomic E-state index is 1.16. The summed E-state index contributed by atoms with van der Waals surface area (Å²) in [5.74, 6) is 0. The van der Waals surface area contributed by atoms with E-state index < -0.39 is 0 Å². The predicted molar refractivity (Wildman–Crippen MR) is 326 cm³/mol. The lowest BCUT2D eigenvalue weighted by Crippen LogP contribution is -2.34. The third-order valence-corrected chi connectivity index (χ3v) is 16.4. The van der Waals surface area contributed by atoms with Gasteiger partial charge in [-0.15, -0.1) is 0 Å². The number of hydrogen-bond donors (Lipinski definition) is 0. The van der Waals surface area contributed by atoms with E-state index in [0.29, 0.717) is 0 Å². The molecule has 74 heavy (non-hydrogen) atoms. The Morgan fingerprint density at radius 1 is 0.378 bits per heavy atom. The average Bonchev–Trinajstić information content (AvgIpc) is 3.41. The molecular weight excluding hydrogens is 895 g/mol. The van der Waals surface area contributed by atoms with Crippen molar-refractivity contribution < 1.29 is 9.13 Å². The lowest BCUT2D eigenvalue weighted by molar-refractivity contribution is -0.697. The van der Waals surface area contributed by atoms with Crippen molar-refractivity contribution in [1.29, 1.82) is 0 Å². The van der Waals surface area contributed by atoms with Crippen LogP contribution in [0.3, 0.4) is 0 Å². The van der Waals surface area contributed by atoms with Crippen LogP contribution in [-0.4, -0.2) is 14.1 Å². The Morgan fingerprint density at radius 3 is 1.01 bits per heavy atom. The van der Waals surface area contributed by atoms with Gasteiger partial charge in [0.2, 0.25) is 0 Å². The van der Waals surface area contributed by atoms with Gasteiger partial charge in [-0.1, -0.05) is 248 Å². The van der Waals surface area contributed by atoms with Gasteiger partial charge in [-0.3, -0.25) is 0 Å². The fourth-order valence-corrected chi connectivity index (χ4v) is 11.6. The first kappa shape index (κ1) is 60.9. The first-order valence-electron chi connectivity index (χ1n) is 31.7. The highest BCUT2D eigenvalue weighted by Crippen LogP contribution is 2.33. The molecule has 6 rings (SSSR count). The van der Waals surface area contributed by atoms with Crippen LogP contribution in [0.2, 0.25) is 0 Å². The van der Waals surface area contributed by atoms with Crippen LogP contribution in [0.15, 0.2) is 85.5 Å². The number of nitrogens with zero attached hydrogens (tertiary/aromatic N) is 3. The normalized spacial score (nSPS) is 14.2. The lowest BCUT2D eigenvalue weighted by Gasteiger charge is -2.18. The van der Waals surface area contributed by atoms with E-state index in [1.54, 1.807) is 5.56 Å². The number of hydrogen-bond acceptors (Lipinski definition) is 1. The number of aryl methyl sites for hydroxylation is 5. The van der Waals surface area contributed by atoms with E-state index in [1.165, 1.54) is 301 Å². The van der Waals surface area contributed by atoms with Gasteiger partial charge in [0.15, 0.2) is 24.8 Å². The molecule has 2 aromatic carbocycles. The summed E-state index contributed by atoms with van der Waals surface area (Å²) in [6.45, 7) is 9.09. The number of pyridine rings is 2. The Morgan fingerprint density at radius 2 is 0.689 bits per heavy atom.